The second kappa shape index (κ2) is 11.0. The average Bonchev–Trinajstić information content (AvgIpc) is 3.59. The number of hydrogen-bond acceptors (Lipinski definition) is 14. The number of ether oxygens (including phenoxy) is 7. The second-order valence-corrected chi connectivity index (χ2v) is 10.0. The lowest BCUT2D eigenvalue weighted by Gasteiger charge is -2.43. The first kappa shape index (κ1) is 28.4. The molecule has 40 heavy (non-hydrogen) atoms. The van der Waals surface area contributed by atoms with Crippen LogP contribution >= 0.6 is 0 Å². The van der Waals surface area contributed by atoms with Crippen molar-refractivity contribution >= 4 is 17.9 Å². The van der Waals surface area contributed by atoms with Crippen molar-refractivity contribution in [3.05, 3.63) is 42.2 Å². The van der Waals surface area contributed by atoms with Crippen LogP contribution in [0.3, 0.4) is 0 Å². The van der Waals surface area contributed by atoms with Gasteiger partial charge in [0.25, 0.3) is 0 Å². The summed E-state index contributed by atoms with van der Waals surface area (Å²) in [7, 11) is 0. The Morgan fingerprint density at radius 3 is 2.35 bits per heavy atom. The molecule has 0 aromatic heterocycles. The van der Waals surface area contributed by atoms with Crippen LogP contribution in [0, 0.1) is 11.8 Å². The molecule has 1 saturated carbocycles. The van der Waals surface area contributed by atoms with Gasteiger partial charge in [0.1, 0.15) is 54.6 Å². The quantitative estimate of drug-likeness (QED) is 0.166. The lowest BCUT2D eigenvalue weighted by Crippen LogP contribution is -2.60. The summed E-state index contributed by atoms with van der Waals surface area (Å²) in [5.41, 5.74) is -0.972. The molecule has 1 aliphatic carbocycles. The van der Waals surface area contributed by atoms with Crippen LogP contribution in [0.25, 0.3) is 0 Å². The highest BCUT2D eigenvalue weighted by Crippen LogP contribution is 2.61. The van der Waals surface area contributed by atoms with Gasteiger partial charge in [-0.1, -0.05) is 0 Å². The van der Waals surface area contributed by atoms with Crippen molar-refractivity contribution in [1.82, 2.24) is 0 Å². The smallest absolute Gasteiger partial charge is 0.338 e. The highest BCUT2D eigenvalue weighted by atomic mass is 16.8. The van der Waals surface area contributed by atoms with Gasteiger partial charge in [0.05, 0.1) is 24.4 Å². The van der Waals surface area contributed by atoms with Crippen LogP contribution in [0.15, 0.2) is 36.6 Å². The maximum Gasteiger partial charge on any atom is 0.338 e. The van der Waals surface area contributed by atoms with E-state index in [0.717, 1.165) is 0 Å². The van der Waals surface area contributed by atoms with E-state index < -0.39 is 91.2 Å². The summed E-state index contributed by atoms with van der Waals surface area (Å²) in [6, 6.07) is 5.79. The Morgan fingerprint density at radius 1 is 0.975 bits per heavy atom. The number of hydrogen-bond donors (Lipinski definition) is 4. The zero-order chi connectivity index (χ0) is 28.8. The van der Waals surface area contributed by atoms with Gasteiger partial charge in [-0.2, -0.15) is 0 Å². The van der Waals surface area contributed by atoms with E-state index in [1.54, 1.807) is 6.08 Å². The van der Waals surface area contributed by atoms with Gasteiger partial charge in [-0.05, 0) is 30.3 Å². The predicted octanol–water partition coefficient (Wildman–Crippen LogP) is -1.23. The van der Waals surface area contributed by atoms with Gasteiger partial charge in [-0.15, -0.1) is 0 Å². The Bertz CT molecular complexity index is 1150. The highest BCUT2D eigenvalue weighted by molar-refractivity contribution is 5.89. The Hall–Kier alpha value is -3.11. The fourth-order valence-corrected chi connectivity index (χ4v) is 5.50. The van der Waals surface area contributed by atoms with Gasteiger partial charge in [0.2, 0.25) is 6.29 Å². The van der Waals surface area contributed by atoms with Crippen molar-refractivity contribution in [3.8, 4) is 5.75 Å². The van der Waals surface area contributed by atoms with Crippen LogP contribution in [-0.2, 0) is 38.0 Å². The van der Waals surface area contributed by atoms with Gasteiger partial charge < -0.3 is 53.6 Å². The molecular formula is C26H30O14. The van der Waals surface area contributed by atoms with E-state index in [2.05, 4.69) is 0 Å². The number of esters is 3. The van der Waals surface area contributed by atoms with E-state index in [1.807, 2.05) is 0 Å². The van der Waals surface area contributed by atoms with E-state index in [9.17, 15) is 34.8 Å². The fourth-order valence-electron chi connectivity index (χ4n) is 5.50. The summed E-state index contributed by atoms with van der Waals surface area (Å²) >= 11 is 0. The largest absolute Gasteiger partial charge is 0.472 e. The van der Waals surface area contributed by atoms with Crippen LogP contribution in [0.5, 0.6) is 5.75 Å². The molecule has 0 unspecified atom stereocenters. The van der Waals surface area contributed by atoms with Crippen LogP contribution in [0.2, 0.25) is 0 Å². The third kappa shape index (κ3) is 5.19. The maximum atomic E-state index is 13.0. The number of aliphatic hydroxyl groups excluding tert-OH is 4. The first-order valence-electron chi connectivity index (χ1n) is 12.6. The van der Waals surface area contributed by atoms with Crippen LogP contribution < -0.4 is 4.74 Å². The highest BCUT2D eigenvalue weighted by Gasteiger charge is 2.78. The summed E-state index contributed by atoms with van der Waals surface area (Å²) in [5, 5.41) is 40.2. The van der Waals surface area contributed by atoms with E-state index in [4.69, 9.17) is 33.2 Å². The molecule has 14 heteroatoms. The van der Waals surface area contributed by atoms with Crippen LogP contribution in [-0.4, -0.2) is 106 Å². The van der Waals surface area contributed by atoms with Gasteiger partial charge in [0.15, 0.2) is 6.29 Å². The predicted molar refractivity (Wildman–Crippen MR) is 127 cm³/mol. The minimum absolute atomic E-state index is 0.191. The number of rotatable bonds is 8. The van der Waals surface area contributed by atoms with Crippen molar-refractivity contribution in [2.75, 3.05) is 13.2 Å². The van der Waals surface area contributed by atoms with Crippen molar-refractivity contribution < 1.29 is 68.0 Å². The molecule has 3 heterocycles. The zero-order valence-electron chi connectivity index (χ0n) is 21.5. The van der Waals surface area contributed by atoms with Crippen molar-refractivity contribution in [1.29, 1.82) is 0 Å². The Balaban J connectivity index is 1.36. The van der Waals surface area contributed by atoms with Crippen LogP contribution in [0.1, 0.15) is 24.2 Å². The van der Waals surface area contributed by atoms with Crippen molar-refractivity contribution in [2.24, 2.45) is 11.8 Å². The van der Waals surface area contributed by atoms with E-state index in [-0.39, 0.29) is 17.9 Å². The molecule has 1 aromatic rings. The van der Waals surface area contributed by atoms with Crippen molar-refractivity contribution in [3.63, 3.8) is 0 Å². The minimum atomic E-state index is -1.68. The van der Waals surface area contributed by atoms with E-state index in [0.29, 0.717) is 0 Å². The van der Waals surface area contributed by atoms with Gasteiger partial charge in [0, 0.05) is 19.8 Å². The topological polar surface area (TPSA) is 200 Å². The van der Waals surface area contributed by atoms with Gasteiger partial charge >= 0.3 is 17.9 Å². The summed E-state index contributed by atoms with van der Waals surface area (Å²) in [4.78, 5) is 35.8. The van der Waals surface area contributed by atoms with Crippen LogP contribution in [0.4, 0.5) is 0 Å². The monoisotopic (exact) mass is 566 g/mol. The summed E-state index contributed by atoms with van der Waals surface area (Å²) in [5.74, 6) is -2.75. The molecule has 5 rings (SSSR count). The number of carbonyl (C=O) groups is 3. The Kier molecular flexibility index (Phi) is 7.85. The Labute approximate surface area is 227 Å². The molecule has 11 atom stereocenters. The van der Waals surface area contributed by atoms with Gasteiger partial charge in [-0.3, -0.25) is 9.59 Å². The molecule has 3 fully saturated rings. The maximum absolute atomic E-state index is 13.0. The molecule has 2 saturated heterocycles. The fraction of sp³-hybridized carbons (Fsp3) is 0.577. The standard InChI is InChI=1S/C26H30O14/c1-11(28)35-10-26-17-15(7-8-34-24(17)39-25-20(32)19(31)18(30)16(9-27)37-25)21(22(26)40-26)38-23(33)13-3-5-14(6-4-13)36-12(2)29/h3-8,15-22,24-25,27,30-32H,9-10H2,1-2H3/t15-,16-,17+,18-,19+,20-,21-,22-,24+,25+,26-/m1/s1. The van der Waals surface area contributed by atoms with E-state index >= 15 is 0 Å². The molecule has 0 amide bonds. The van der Waals surface area contributed by atoms with Crippen molar-refractivity contribution in [2.45, 2.75) is 68.7 Å². The Morgan fingerprint density at radius 2 is 1.70 bits per heavy atom. The molecule has 0 bridgehead atoms. The molecular weight excluding hydrogens is 536 g/mol. The average molecular weight is 567 g/mol. The number of benzene rings is 1. The second-order valence-electron chi connectivity index (χ2n) is 10.0. The number of epoxide rings is 1. The molecule has 0 spiro atoms. The minimum Gasteiger partial charge on any atom is -0.472 e. The number of carbonyl (C=O) groups excluding carboxylic acids is 3. The summed E-state index contributed by atoms with van der Waals surface area (Å²) in [6.07, 6.45) is -7.39. The lowest BCUT2D eigenvalue weighted by atomic mass is 9.85. The molecule has 218 valence electrons. The zero-order valence-corrected chi connectivity index (χ0v) is 21.5. The summed E-state index contributed by atoms with van der Waals surface area (Å²) < 4.78 is 39.1. The first-order chi connectivity index (χ1) is 19.1. The number of fused-ring (bicyclic) bond motifs is 3. The molecule has 4 N–H and O–H groups in total. The lowest BCUT2D eigenvalue weighted by molar-refractivity contribution is -0.344. The third-order valence-corrected chi connectivity index (χ3v) is 7.45. The molecule has 0 radical (unpaired) electrons. The van der Waals surface area contributed by atoms with E-state index in [1.165, 1.54) is 44.4 Å². The molecule has 4 aliphatic rings. The van der Waals surface area contributed by atoms with Gasteiger partial charge in [-0.25, -0.2) is 4.79 Å². The normalized spacial score (nSPS) is 39.4. The molecule has 1 aromatic carbocycles. The molecule has 14 nitrogen and oxygen atoms in total. The first-order valence-corrected chi connectivity index (χ1v) is 12.6. The number of aliphatic hydroxyl groups is 4. The molecule has 3 aliphatic heterocycles. The summed E-state index contributed by atoms with van der Waals surface area (Å²) in [6.45, 7) is 1.64. The SMILES string of the molecule is CC(=O)OC[C@]12O[C@@H]1[C@H](OC(=O)c1ccc(OC(C)=O)cc1)[C@@H]1C=CO[C@@H](O[C@@H]3O[C@H](CO)[C@@H](O)[C@H](O)[C@H]3O)[C@H]12. The third-order valence-electron chi connectivity index (χ3n) is 7.45.